The molecular formula is C14H20N2O4. The summed E-state index contributed by atoms with van der Waals surface area (Å²) in [4.78, 5) is 12.8. The van der Waals surface area contributed by atoms with E-state index >= 15 is 0 Å². The fourth-order valence-electron chi connectivity index (χ4n) is 2.49. The van der Waals surface area contributed by atoms with E-state index in [2.05, 4.69) is 0 Å². The zero-order chi connectivity index (χ0) is 14.7. The SMILES string of the molecule is CCOc1cccc(N2CC[C@H](C)[C@@H](O)C2)c1[N+](=O)[O-]. The number of rotatable bonds is 4. The molecule has 0 unspecified atom stereocenters. The second-order valence-corrected chi connectivity index (χ2v) is 5.09. The van der Waals surface area contributed by atoms with E-state index in [0.717, 1.165) is 6.42 Å². The van der Waals surface area contributed by atoms with Crippen molar-refractivity contribution in [3.63, 3.8) is 0 Å². The third-order valence-electron chi connectivity index (χ3n) is 3.72. The lowest BCUT2D eigenvalue weighted by molar-refractivity contribution is -0.385. The Morgan fingerprint density at radius 2 is 2.30 bits per heavy atom. The molecule has 1 fully saturated rings. The highest BCUT2D eigenvalue weighted by Gasteiger charge is 2.30. The van der Waals surface area contributed by atoms with Crippen molar-refractivity contribution in [2.45, 2.75) is 26.4 Å². The molecule has 0 radical (unpaired) electrons. The molecule has 1 aliphatic rings. The van der Waals surface area contributed by atoms with E-state index in [1.54, 1.807) is 25.1 Å². The molecule has 1 aliphatic heterocycles. The van der Waals surface area contributed by atoms with Crippen LogP contribution in [0, 0.1) is 16.0 Å². The highest BCUT2D eigenvalue weighted by atomic mass is 16.6. The first kappa shape index (κ1) is 14.6. The molecule has 1 heterocycles. The number of piperidine rings is 1. The maximum atomic E-state index is 11.3. The second-order valence-electron chi connectivity index (χ2n) is 5.09. The Bertz CT molecular complexity index is 492. The molecular weight excluding hydrogens is 260 g/mol. The average Bonchev–Trinajstić information content (AvgIpc) is 2.42. The van der Waals surface area contributed by atoms with Gasteiger partial charge in [0.1, 0.15) is 5.69 Å². The molecule has 1 saturated heterocycles. The lowest BCUT2D eigenvalue weighted by Crippen LogP contribution is -2.43. The van der Waals surface area contributed by atoms with E-state index in [9.17, 15) is 15.2 Å². The highest BCUT2D eigenvalue weighted by Crippen LogP contribution is 2.38. The van der Waals surface area contributed by atoms with Crippen molar-refractivity contribution in [2.75, 3.05) is 24.6 Å². The zero-order valence-corrected chi connectivity index (χ0v) is 11.8. The molecule has 20 heavy (non-hydrogen) atoms. The van der Waals surface area contributed by atoms with Gasteiger partial charge in [-0.3, -0.25) is 10.1 Å². The smallest absolute Gasteiger partial charge is 0.333 e. The minimum Gasteiger partial charge on any atom is -0.487 e. The zero-order valence-electron chi connectivity index (χ0n) is 11.8. The van der Waals surface area contributed by atoms with Gasteiger partial charge < -0.3 is 14.7 Å². The van der Waals surface area contributed by atoms with Crippen LogP contribution in [0.2, 0.25) is 0 Å². The lowest BCUT2D eigenvalue weighted by Gasteiger charge is -2.35. The molecule has 0 bridgehead atoms. The number of ether oxygens (including phenoxy) is 1. The summed E-state index contributed by atoms with van der Waals surface area (Å²) in [7, 11) is 0. The number of hydrogen-bond donors (Lipinski definition) is 1. The van der Waals surface area contributed by atoms with Gasteiger partial charge in [-0.1, -0.05) is 13.0 Å². The summed E-state index contributed by atoms with van der Waals surface area (Å²) >= 11 is 0. The number of β-amino-alcohol motifs (C(OH)–C–C–N with tert-alkyl or cyclic N) is 1. The topological polar surface area (TPSA) is 75.8 Å². The van der Waals surface area contributed by atoms with Gasteiger partial charge in [-0.05, 0) is 31.4 Å². The Hall–Kier alpha value is -1.82. The standard InChI is InChI=1S/C14H20N2O4/c1-3-20-13-6-4-5-11(14(13)16(18)19)15-8-7-10(2)12(17)9-15/h4-6,10,12,17H,3,7-9H2,1-2H3/t10-,12-/m0/s1. The highest BCUT2D eigenvalue weighted by molar-refractivity contribution is 5.70. The maximum absolute atomic E-state index is 11.3. The first-order valence-electron chi connectivity index (χ1n) is 6.87. The average molecular weight is 280 g/mol. The largest absolute Gasteiger partial charge is 0.487 e. The van der Waals surface area contributed by atoms with E-state index in [-0.39, 0.29) is 17.4 Å². The number of nitrogens with zero attached hydrogens (tertiary/aromatic N) is 2. The monoisotopic (exact) mass is 280 g/mol. The van der Waals surface area contributed by atoms with Crippen LogP contribution in [-0.2, 0) is 0 Å². The Labute approximate surface area is 118 Å². The summed E-state index contributed by atoms with van der Waals surface area (Å²) in [5, 5.41) is 21.3. The van der Waals surface area contributed by atoms with Crippen LogP contribution < -0.4 is 9.64 Å². The fraction of sp³-hybridized carbons (Fsp3) is 0.571. The molecule has 2 atom stereocenters. The molecule has 110 valence electrons. The van der Waals surface area contributed by atoms with E-state index in [1.165, 1.54) is 0 Å². The predicted molar refractivity (Wildman–Crippen MR) is 76.3 cm³/mol. The summed E-state index contributed by atoms with van der Waals surface area (Å²) in [5.74, 6) is 0.503. The summed E-state index contributed by atoms with van der Waals surface area (Å²) in [6.45, 7) is 5.28. The van der Waals surface area contributed by atoms with Gasteiger partial charge in [0.2, 0.25) is 0 Å². The van der Waals surface area contributed by atoms with Crippen molar-refractivity contribution >= 4 is 11.4 Å². The van der Waals surface area contributed by atoms with Crippen LogP contribution in [0.5, 0.6) is 5.75 Å². The van der Waals surface area contributed by atoms with E-state index in [1.807, 2.05) is 11.8 Å². The first-order valence-corrected chi connectivity index (χ1v) is 6.87. The van der Waals surface area contributed by atoms with Crippen molar-refractivity contribution in [3.05, 3.63) is 28.3 Å². The number of aliphatic hydroxyl groups is 1. The third-order valence-corrected chi connectivity index (χ3v) is 3.72. The number of anilines is 1. The van der Waals surface area contributed by atoms with Crippen LogP contribution in [-0.4, -0.2) is 35.8 Å². The van der Waals surface area contributed by atoms with E-state index in [0.29, 0.717) is 25.4 Å². The van der Waals surface area contributed by atoms with Crippen molar-refractivity contribution < 1.29 is 14.8 Å². The fourth-order valence-corrected chi connectivity index (χ4v) is 2.49. The Kier molecular flexibility index (Phi) is 4.44. The van der Waals surface area contributed by atoms with Gasteiger partial charge in [-0.2, -0.15) is 0 Å². The van der Waals surface area contributed by atoms with Crippen LogP contribution >= 0.6 is 0 Å². The van der Waals surface area contributed by atoms with Crippen LogP contribution in [0.3, 0.4) is 0 Å². The molecule has 0 aliphatic carbocycles. The molecule has 0 saturated carbocycles. The Morgan fingerprint density at radius 3 is 2.90 bits per heavy atom. The number of aliphatic hydroxyl groups excluding tert-OH is 1. The van der Waals surface area contributed by atoms with Gasteiger partial charge in [0, 0.05) is 13.1 Å². The van der Waals surface area contributed by atoms with Crippen molar-refractivity contribution in [2.24, 2.45) is 5.92 Å². The molecule has 1 aromatic carbocycles. The summed E-state index contributed by atoms with van der Waals surface area (Å²) in [5.41, 5.74) is 0.503. The molecule has 6 heteroatoms. The molecule has 2 rings (SSSR count). The number of nitro groups is 1. The van der Waals surface area contributed by atoms with Gasteiger partial charge in [0.15, 0.2) is 5.75 Å². The van der Waals surface area contributed by atoms with E-state index in [4.69, 9.17) is 4.74 Å². The third kappa shape index (κ3) is 2.85. The van der Waals surface area contributed by atoms with Gasteiger partial charge in [0.05, 0.1) is 17.6 Å². The molecule has 6 nitrogen and oxygen atoms in total. The summed E-state index contributed by atoms with van der Waals surface area (Å²) in [6, 6.07) is 5.06. The quantitative estimate of drug-likeness (QED) is 0.676. The molecule has 0 amide bonds. The number of benzene rings is 1. The molecule has 0 aromatic heterocycles. The summed E-state index contributed by atoms with van der Waals surface area (Å²) in [6.07, 6.45) is 0.357. The molecule has 1 N–H and O–H groups in total. The van der Waals surface area contributed by atoms with Gasteiger partial charge in [-0.15, -0.1) is 0 Å². The van der Waals surface area contributed by atoms with Crippen LogP contribution in [0.4, 0.5) is 11.4 Å². The maximum Gasteiger partial charge on any atom is 0.333 e. The van der Waals surface area contributed by atoms with Gasteiger partial charge in [0.25, 0.3) is 0 Å². The Balaban J connectivity index is 2.35. The second kappa shape index (κ2) is 6.09. The van der Waals surface area contributed by atoms with Crippen LogP contribution in [0.1, 0.15) is 20.3 Å². The van der Waals surface area contributed by atoms with Crippen LogP contribution in [0.15, 0.2) is 18.2 Å². The van der Waals surface area contributed by atoms with Crippen molar-refractivity contribution in [1.82, 2.24) is 0 Å². The lowest BCUT2D eigenvalue weighted by atomic mass is 9.95. The van der Waals surface area contributed by atoms with Gasteiger partial charge >= 0.3 is 5.69 Å². The number of nitro benzene ring substituents is 1. The number of para-hydroxylation sites is 1. The minimum atomic E-state index is -0.459. The minimum absolute atomic E-state index is 0.0175. The summed E-state index contributed by atoms with van der Waals surface area (Å²) < 4.78 is 5.35. The number of hydrogen-bond acceptors (Lipinski definition) is 5. The Morgan fingerprint density at radius 1 is 1.55 bits per heavy atom. The van der Waals surface area contributed by atoms with Crippen molar-refractivity contribution in [3.8, 4) is 5.75 Å². The van der Waals surface area contributed by atoms with E-state index < -0.39 is 11.0 Å². The predicted octanol–water partition coefficient (Wildman–Crippen LogP) is 2.20. The molecule has 0 spiro atoms. The van der Waals surface area contributed by atoms with Crippen molar-refractivity contribution in [1.29, 1.82) is 0 Å². The normalized spacial score (nSPS) is 22.6. The van der Waals surface area contributed by atoms with Crippen LogP contribution in [0.25, 0.3) is 0 Å². The molecule has 1 aromatic rings. The first-order chi connectivity index (χ1) is 9.54. The van der Waals surface area contributed by atoms with Gasteiger partial charge in [-0.25, -0.2) is 0 Å².